The molecular formula is C17H15N5O4. The molecule has 4 rings (SSSR count). The van der Waals surface area contributed by atoms with Crippen molar-refractivity contribution in [3.63, 3.8) is 0 Å². The predicted octanol–water partition coefficient (Wildman–Crippen LogP) is 1.55. The highest BCUT2D eigenvalue weighted by Gasteiger charge is 2.15. The molecule has 1 aliphatic heterocycles. The molecule has 26 heavy (non-hydrogen) atoms. The molecule has 1 aromatic heterocycles. The Hall–Kier alpha value is -3.62. The lowest BCUT2D eigenvalue weighted by Crippen LogP contribution is -2.36. The van der Waals surface area contributed by atoms with Crippen LogP contribution in [0.3, 0.4) is 0 Å². The molecule has 2 heterocycles. The van der Waals surface area contributed by atoms with Crippen molar-refractivity contribution >= 4 is 28.7 Å². The second kappa shape index (κ2) is 6.71. The van der Waals surface area contributed by atoms with E-state index in [9.17, 15) is 9.59 Å². The van der Waals surface area contributed by atoms with Crippen molar-refractivity contribution in [1.82, 2.24) is 20.3 Å². The highest BCUT2D eigenvalue weighted by molar-refractivity contribution is 6.01. The van der Waals surface area contributed by atoms with Gasteiger partial charge in [-0.2, -0.15) is 0 Å². The number of nitrogens with one attached hydrogen (secondary N) is 2. The maximum atomic E-state index is 12.1. The van der Waals surface area contributed by atoms with Gasteiger partial charge < -0.3 is 14.8 Å². The van der Waals surface area contributed by atoms with E-state index < -0.39 is 11.9 Å². The first kappa shape index (κ1) is 15.9. The Morgan fingerprint density at radius 3 is 2.77 bits per heavy atom. The molecule has 0 unspecified atom stereocenters. The number of aromatic nitrogens is 3. The number of nitrogens with zero attached hydrogens (tertiary/aromatic N) is 3. The van der Waals surface area contributed by atoms with Crippen molar-refractivity contribution in [3.8, 4) is 11.5 Å². The number of ether oxygens (including phenoxy) is 2. The van der Waals surface area contributed by atoms with Crippen molar-refractivity contribution in [2.45, 2.75) is 6.54 Å². The van der Waals surface area contributed by atoms with Crippen LogP contribution < -0.4 is 20.1 Å². The molecule has 2 aromatic carbocycles. The fourth-order valence-electron chi connectivity index (χ4n) is 2.62. The van der Waals surface area contributed by atoms with Gasteiger partial charge in [0.1, 0.15) is 25.3 Å². The second-order valence-electron chi connectivity index (χ2n) is 5.60. The number of anilines is 1. The summed E-state index contributed by atoms with van der Waals surface area (Å²) in [5.74, 6) is 0.668. The van der Waals surface area contributed by atoms with Gasteiger partial charge in [0.2, 0.25) is 5.91 Å². The van der Waals surface area contributed by atoms with Crippen LogP contribution in [0.15, 0.2) is 42.5 Å². The summed E-state index contributed by atoms with van der Waals surface area (Å²) in [5, 5.41) is 12.7. The number of hydrogen-bond donors (Lipinski definition) is 2. The minimum absolute atomic E-state index is 0.116. The monoisotopic (exact) mass is 353 g/mol. The Labute approximate surface area is 147 Å². The van der Waals surface area contributed by atoms with Crippen molar-refractivity contribution in [1.29, 1.82) is 0 Å². The summed E-state index contributed by atoms with van der Waals surface area (Å²) < 4.78 is 12.3. The lowest BCUT2D eigenvalue weighted by molar-refractivity contribution is -0.120. The Bertz CT molecular complexity index is 984. The zero-order valence-corrected chi connectivity index (χ0v) is 13.6. The number of urea groups is 1. The Kier molecular flexibility index (Phi) is 4.10. The maximum Gasteiger partial charge on any atom is 0.325 e. The fourth-order valence-corrected chi connectivity index (χ4v) is 2.62. The van der Waals surface area contributed by atoms with E-state index in [2.05, 4.69) is 20.9 Å². The summed E-state index contributed by atoms with van der Waals surface area (Å²) in [4.78, 5) is 24.1. The SMILES string of the molecule is O=C(Cn1nnc2ccccc21)NC(=O)Nc1ccc2c(c1)OCCO2. The Morgan fingerprint density at radius 1 is 1.08 bits per heavy atom. The van der Waals surface area contributed by atoms with Crippen molar-refractivity contribution in [2.75, 3.05) is 18.5 Å². The Balaban J connectivity index is 1.38. The number of imide groups is 1. The van der Waals surface area contributed by atoms with Crippen LogP contribution in [0.5, 0.6) is 11.5 Å². The number of carbonyl (C=O) groups is 2. The first-order chi connectivity index (χ1) is 12.7. The zero-order chi connectivity index (χ0) is 17.9. The van der Waals surface area contributed by atoms with Crippen molar-refractivity contribution in [2.24, 2.45) is 0 Å². The van der Waals surface area contributed by atoms with Gasteiger partial charge in [-0.15, -0.1) is 5.10 Å². The first-order valence-electron chi connectivity index (χ1n) is 7.98. The van der Waals surface area contributed by atoms with E-state index in [4.69, 9.17) is 9.47 Å². The molecule has 9 heteroatoms. The lowest BCUT2D eigenvalue weighted by atomic mass is 10.2. The minimum Gasteiger partial charge on any atom is -0.486 e. The topological polar surface area (TPSA) is 107 Å². The van der Waals surface area contributed by atoms with Crippen LogP contribution in [0.2, 0.25) is 0 Å². The molecule has 3 aromatic rings. The van der Waals surface area contributed by atoms with Gasteiger partial charge in [0.15, 0.2) is 11.5 Å². The minimum atomic E-state index is -0.643. The molecular weight excluding hydrogens is 338 g/mol. The van der Waals surface area contributed by atoms with Gasteiger partial charge in [-0.3, -0.25) is 10.1 Å². The van der Waals surface area contributed by atoms with E-state index in [0.29, 0.717) is 35.9 Å². The van der Waals surface area contributed by atoms with Crippen molar-refractivity contribution < 1.29 is 19.1 Å². The third-order valence-electron chi connectivity index (χ3n) is 3.77. The average Bonchev–Trinajstić information content (AvgIpc) is 3.04. The third kappa shape index (κ3) is 3.27. The normalized spacial score (nSPS) is 12.6. The summed E-state index contributed by atoms with van der Waals surface area (Å²) in [6, 6.07) is 11.6. The number of benzene rings is 2. The molecule has 132 valence electrons. The van der Waals surface area contributed by atoms with E-state index in [-0.39, 0.29) is 6.54 Å². The number of para-hydroxylation sites is 1. The third-order valence-corrected chi connectivity index (χ3v) is 3.77. The maximum absolute atomic E-state index is 12.1. The van der Waals surface area contributed by atoms with E-state index in [1.165, 1.54) is 4.68 Å². The quantitative estimate of drug-likeness (QED) is 0.740. The zero-order valence-electron chi connectivity index (χ0n) is 13.6. The first-order valence-corrected chi connectivity index (χ1v) is 7.98. The Morgan fingerprint density at radius 2 is 1.88 bits per heavy atom. The molecule has 1 aliphatic rings. The summed E-state index contributed by atoms with van der Waals surface area (Å²) in [7, 11) is 0. The second-order valence-corrected chi connectivity index (χ2v) is 5.60. The van der Waals surface area contributed by atoms with E-state index in [1.807, 2.05) is 12.1 Å². The van der Waals surface area contributed by atoms with E-state index in [0.717, 1.165) is 5.52 Å². The van der Waals surface area contributed by atoms with E-state index in [1.54, 1.807) is 30.3 Å². The summed E-state index contributed by atoms with van der Waals surface area (Å²) in [5.41, 5.74) is 1.89. The molecule has 0 bridgehead atoms. The summed E-state index contributed by atoms with van der Waals surface area (Å²) >= 11 is 0. The number of fused-ring (bicyclic) bond motifs is 2. The average molecular weight is 353 g/mol. The van der Waals surface area contributed by atoms with Crippen LogP contribution in [0.1, 0.15) is 0 Å². The van der Waals surface area contributed by atoms with Gasteiger partial charge >= 0.3 is 6.03 Å². The molecule has 0 saturated heterocycles. The number of hydrogen-bond acceptors (Lipinski definition) is 6. The van der Waals surface area contributed by atoms with Crippen LogP contribution in [0, 0.1) is 0 Å². The van der Waals surface area contributed by atoms with Gasteiger partial charge in [0, 0.05) is 11.8 Å². The molecule has 0 spiro atoms. The highest BCUT2D eigenvalue weighted by atomic mass is 16.6. The van der Waals surface area contributed by atoms with E-state index >= 15 is 0 Å². The van der Waals surface area contributed by atoms with Gasteiger partial charge in [0.25, 0.3) is 0 Å². The van der Waals surface area contributed by atoms with Gasteiger partial charge in [-0.05, 0) is 24.3 Å². The van der Waals surface area contributed by atoms with Gasteiger partial charge in [-0.1, -0.05) is 17.3 Å². The van der Waals surface area contributed by atoms with Gasteiger partial charge in [0.05, 0.1) is 5.52 Å². The number of amides is 3. The van der Waals surface area contributed by atoms with Crippen molar-refractivity contribution in [3.05, 3.63) is 42.5 Å². The molecule has 2 N–H and O–H groups in total. The van der Waals surface area contributed by atoms with Crippen LogP contribution in [-0.4, -0.2) is 40.1 Å². The summed E-state index contributed by atoms with van der Waals surface area (Å²) in [6.45, 7) is 0.827. The van der Waals surface area contributed by atoms with Gasteiger partial charge in [-0.25, -0.2) is 9.48 Å². The number of rotatable bonds is 3. The molecule has 3 amide bonds. The smallest absolute Gasteiger partial charge is 0.325 e. The fraction of sp³-hybridized carbons (Fsp3) is 0.176. The lowest BCUT2D eigenvalue weighted by Gasteiger charge is -2.19. The largest absolute Gasteiger partial charge is 0.486 e. The predicted molar refractivity (Wildman–Crippen MR) is 92.1 cm³/mol. The molecule has 0 saturated carbocycles. The molecule has 0 radical (unpaired) electrons. The van der Waals surface area contributed by atoms with Crippen LogP contribution in [0.4, 0.5) is 10.5 Å². The van der Waals surface area contributed by atoms with Crippen LogP contribution in [0.25, 0.3) is 11.0 Å². The molecule has 0 aliphatic carbocycles. The van der Waals surface area contributed by atoms with Crippen LogP contribution in [-0.2, 0) is 11.3 Å². The molecule has 0 fully saturated rings. The van der Waals surface area contributed by atoms with Crippen LogP contribution >= 0.6 is 0 Å². The standard InChI is InChI=1S/C17H15N5O4/c23-16(10-22-13-4-2-1-3-12(13)20-21-22)19-17(24)18-11-5-6-14-15(9-11)26-8-7-25-14/h1-6,9H,7-8,10H2,(H2,18,19,23,24). The molecule has 9 nitrogen and oxygen atoms in total. The molecule has 0 atom stereocenters. The summed E-state index contributed by atoms with van der Waals surface area (Å²) in [6.07, 6.45) is 0. The highest BCUT2D eigenvalue weighted by Crippen LogP contribution is 2.32. The number of carbonyl (C=O) groups excluding carboxylic acids is 2.